The molecule has 2 fully saturated rings. The van der Waals surface area contributed by atoms with Gasteiger partial charge in [-0.1, -0.05) is 50.4 Å². The molecule has 7 heteroatoms. The van der Waals surface area contributed by atoms with Gasteiger partial charge in [-0.15, -0.1) is 0 Å². The quantitative estimate of drug-likeness (QED) is 0.595. The number of hydrogen-bond acceptors (Lipinski definition) is 4. The Morgan fingerprint density at radius 3 is 2.48 bits per heavy atom. The summed E-state index contributed by atoms with van der Waals surface area (Å²) >= 11 is 6.02. The largest absolute Gasteiger partial charge is 0.384 e. The van der Waals surface area contributed by atoms with E-state index in [0.717, 1.165) is 31.2 Å². The Bertz CT molecular complexity index is 777. The lowest BCUT2D eigenvalue weighted by molar-refractivity contribution is -0.156. The van der Waals surface area contributed by atoms with Gasteiger partial charge in [0.2, 0.25) is 11.8 Å². The SMILES string of the molecule is CC1(C)CN(C(=O)[C@@H](CCCN)NC(=O)C2CCCC2)CC[C@]1(O)c1ccc(Cl)cc1. The lowest BCUT2D eigenvalue weighted by atomic mass is 9.66. The molecule has 6 nitrogen and oxygen atoms in total. The maximum absolute atomic E-state index is 13.4. The Morgan fingerprint density at radius 2 is 1.90 bits per heavy atom. The van der Waals surface area contributed by atoms with Crippen molar-refractivity contribution in [3.05, 3.63) is 34.9 Å². The van der Waals surface area contributed by atoms with Gasteiger partial charge in [0.1, 0.15) is 6.04 Å². The maximum atomic E-state index is 13.4. The summed E-state index contributed by atoms with van der Waals surface area (Å²) in [7, 11) is 0. The van der Waals surface area contributed by atoms with E-state index < -0.39 is 17.1 Å². The number of amides is 2. The molecule has 0 bridgehead atoms. The molecule has 1 aliphatic carbocycles. The number of hydrogen-bond donors (Lipinski definition) is 3. The molecule has 1 aliphatic heterocycles. The molecule has 3 rings (SSSR count). The van der Waals surface area contributed by atoms with Crippen molar-refractivity contribution in [1.82, 2.24) is 10.2 Å². The van der Waals surface area contributed by atoms with Crippen LogP contribution in [0.2, 0.25) is 5.02 Å². The Balaban J connectivity index is 1.72. The zero-order valence-electron chi connectivity index (χ0n) is 18.7. The lowest BCUT2D eigenvalue weighted by Gasteiger charge is -2.51. The van der Waals surface area contributed by atoms with Crippen LogP contribution < -0.4 is 11.1 Å². The number of benzene rings is 1. The monoisotopic (exact) mass is 449 g/mol. The van der Waals surface area contributed by atoms with Crippen molar-refractivity contribution in [2.45, 2.75) is 70.4 Å². The van der Waals surface area contributed by atoms with Crippen molar-refractivity contribution >= 4 is 23.4 Å². The first-order valence-corrected chi connectivity index (χ1v) is 11.8. The number of rotatable bonds is 7. The van der Waals surface area contributed by atoms with Crippen LogP contribution in [-0.4, -0.2) is 47.5 Å². The van der Waals surface area contributed by atoms with Gasteiger partial charge in [-0.2, -0.15) is 0 Å². The number of carbonyl (C=O) groups excluding carboxylic acids is 2. The summed E-state index contributed by atoms with van der Waals surface area (Å²) in [6.07, 6.45) is 5.57. The molecular formula is C24H36ClN3O3. The second kappa shape index (κ2) is 9.88. The fourth-order valence-electron chi connectivity index (χ4n) is 5.05. The van der Waals surface area contributed by atoms with Gasteiger partial charge in [-0.25, -0.2) is 0 Å². The Labute approximate surface area is 190 Å². The average molecular weight is 450 g/mol. The van der Waals surface area contributed by atoms with E-state index in [2.05, 4.69) is 5.32 Å². The summed E-state index contributed by atoms with van der Waals surface area (Å²) in [5.74, 6) is -0.0752. The molecule has 1 aromatic carbocycles. The fraction of sp³-hybridized carbons (Fsp3) is 0.667. The third-order valence-electron chi connectivity index (χ3n) is 7.12. The first-order chi connectivity index (χ1) is 14.7. The third-order valence-corrected chi connectivity index (χ3v) is 7.37. The number of halogens is 1. The van der Waals surface area contributed by atoms with Crippen molar-refractivity contribution in [3.63, 3.8) is 0 Å². The van der Waals surface area contributed by atoms with E-state index in [1.54, 1.807) is 17.0 Å². The van der Waals surface area contributed by atoms with Crippen molar-refractivity contribution in [3.8, 4) is 0 Å². The third kappa shape index (κ3) is 5.24. The topological polar surface area (TPSA) is 95.7 Å². The number of likely N-dealkylation sites (tertiary alicyclic amines) is 1. The van der Waals surface area contributed by atoms with Gasteiger partial charge in [-0.05, 0) is 56.3 Å². The van der Waals surface area contributed by atoms with E-state index in [9.17, 15) is 14.7 Å². The number of nitrogens with two attached hydrogens (primary N) is 1. The molecule has 1 heterocycles. The maximum Gasteiger partial charge on any atom is 0.245 e. The minimum atomic E-state index is -1.06. The molecule has 1 saturated heterocycles. The smallest absolute Gasteiger partial charge is 0.245 e. The summed E-state index contributed by atoms with van der Waals surface area (Å²) in [4.78, 5) is 27.9. The predicted octanol–water partition coefficient (Wildman–Crippen LogP) is 3.20. The Morgan fingerprint density at radius 1 is 1.26 bits per heavy atom. The second-order valence-corrected chi connectivity index (χ2v) is 10.2. The van der Waals surface area contributed by atoms with Crippen molar-refractivity contribution in [1.29, 1.82) is 0 Å². The molecule has 4 N–H and O–H groups in total. The number of piperidine rings is 1. The minimum Gasteiger partial charge on any atom is -0.384 e. The number of nitrogens with one attached hydrogen (secondary N) is 1. The highest BCUT2D eigenvalue weighted by Crippen LogP contribution is 2.46. The van der Waals surface area contributed by atoms with Crippen LogP contribution in [0.5, 0.6) is 0 Å². The number of aliphatic hydroxyl groups is 1. The van der Waals surface area contributed by atoms with Gasteiger partial charge >= 0.3 is 0 Å². The van der Waals surface area contributed by atoms with Crippen LogP contribution >= 0.6 is 11.6 Å². The van der Waals surface area contributed by atoms with Crippen LogP contribution in [0.4, 0.5) is 0 Å². The number of nitrogens with zero attached hydrogens (tertiary/aromatic N) is 1. The predicted molar refractivity (Wildman–Crippen MR) is 123 cm³/mol. The van der Waals surface area contributed by atoms with Crippen LogP contribution in [0.3, 0.4) is 0 Å². The molecule has 0 spiro atoms. The summed E-state index contributed by atoms with van der Waals surface area (Å²) in [6, 6.07) is 6.71. The summed E-state index contributed by atoms with van der Waals surface area (Å²) in [5.41, 5.74) is 4.86. The van der Waals surface area contributed by atoms with Gasteiger partial charge in [-0.3, -0.25) is 9.59 Å². The molecule has 2 atom stereocenters. The standard InChI is InChI=1S/C24H36ClN3O3/c1-23(2)16-28(15-13-24(23,31)18-9-11-19(25)12-10-18)22(30)20(8-5-14-26)27-21(29)17-6-3-4-7-17/h9-12,17,20,31H,3-8,13-16,26H2,1-2H3,(H,27,29)/t20-,24+/m1/s1. The van der Waals surface area contributed by atoms with E-state index in [0.29, 0.717) is 43.9 Å². The van der Waals surface area contributed by atoms with Crippen LogP contribution in [0, 0.1) is 11.3 Å². The van der Waals surface area contributed by atoms with E-state index >= 15 is 0 Å². The molecule has 1 saturated carbocycles. The van der Waals surface area contributed by atoms with Gasteiger partial charge < -0.3 is 21.1 Å². The van der Waals surface area contributed by atoms with E-state index in [-0.39, 0.29) is 17.7 Å². The molecule has 31 heavy (non-hydrogen) atoms. The van der Waals surface area contributed by atoms with Crippen LogP contribution in [-0.2, 0) is 15.2 Å². The van der Waals surface area contributed by atoms with Crippen molar-refractivity contribution in [2.24, 2.45) is 17.1 Å². The first-order valence-electron chi connectivity index (χ1n) is 11.5. The molecule has 2 aliphatic rings. The Hall–Kier alpha value is -1.63. The van der Waals surface area contributed by atoms with Gasteiger partial charge in [0.15, 0.2) is 0 Å². The van der Waals surface area contributed by atoms with E-state index in [1.165, 1.54) is 0 Å². The second-order valence-electron chi connectivity index (χ2n) is 9.73. The van der Waals surface area contributed by atoms with Crippen LogP contribution in [0.1, 0.15) is 64.4 Å². The Kier molecular flexibility index (Phi) is 7.66. The van der Waals surface area contributed by atoms with Crippen molar-refractivity contribution < 1.29 is 14.7 Å². The molecule has 0 radical (unpaired) electrons. The molecule has 172 valence electrons. The fourth-order valence-corrected chi connectivity index (χ4v) is 5.17. The van der Waals surface area contributed by atoms with Gasteiger partial charge in [0.05, 0.1) is 5.60 Å². The average Bonchev–Trinajstić information content (AvgIpc) is 3.28. The molecule has 0 unspecified atom stereocenters. The normalized spacial score (nSPS) is 24.7. The zero-order chi connectivity index (χ0) is 22.6. The van der Waals surface area contributed by atoms with Crippen molar-refractivity contribution in [2.75, 3.05) is 19.6 Å². The summed E-state index contributed by atoms with van der Waals surface area (Å²) in [5, 5.41) is 15.2. The van der Waals surface area contributed by atoms with E-state index in [1.807, 2.05) is 26.0 Å². The summed E-state index contributed by atoms with van der Waals surface area (Å²) in [6.45, 7) is 5.27. The van der Waals surface area contributed by atoms with Crippen LogP contribution in [0.25, 0.3) is 0 Å². The summed E-state index contributed by atoms with van der Waals surface area (Å²) < 4.78 is 0. The first kappa shape index (κ1) is 24.0. The number of carbonyl (C=O) groups is 2. The highest BCUT2D eigenvalue weighted by atomic mass is 35.5. The van der Waals surface area contributed by atoms with Gasteiger partial charge in [0, 0.05) is 29.4 Å². The lowest BCUT2D eigenvalue weighted by Crippen LogP contribution is -2.60. The molecular weight excluding hydrogens is 414 g/mol. The molecule has 0 aromatic heterocycles. The highest BCUT2D eigenvalue weighted by Gasteiger charge is 2.50. The van der Waals surface area contributed by atoms with E-state index in [4.69, 9.17) is 17.3 Å². The molecule has 1 aromatic rings. The van der Waals surface area contributed by atoms with Crippen LogP contribution in [0.15, 0.2) is 24.3 Å². The highest BCUT2D eigenvalue weighted by molar-refractivity contribution is 6.30. The minimum absolute atomic E-state index is 0.0122. The van der Waals surface area contributed by atoms with Gasteiger partial charge in [0.25, 0.3) is 0 Å². The zero-order valence-corrected chi connectivity index (χ0v) is 19.5. The molecule has 2 amide bonds.